The zero-order valence-electron chi connectivity index (χ0n) is 13.3. The van der Waals surface area contributed by atoms with Gasteiger partial charge in [0.15, 0.2) is 0 Å². The molecule has 2 rings (SSSR count). The molecule has 1 fully saturated rings. The fourth-order valence-electron chi connectivity index (χ4n) is 2.78. The van der Waals surface area contributed by atoms with Crippen molar-refractivity contribution in [2.24, 2.45) is 5.73 Å². The van der Waals surface area contributed by atoms with Gasteiger partial charge in [0.05, 0.1) is 11.3 Å². The van der Waals surface area contributed by atoms with Crippen LogP contribution in [0.25, 0.3) is 0 Å². The van der Waals surface area contributed by atoms with Crippen LogP contribution in [0.15, 0.2) is 11.1 Å². The molecular weight excluding hydrogens is 312 g/mol. The molecule has 1 aliphatic heterocycles. The molecule has 23 heavy (non-hydrogen) atoms. The fourth-order valence-corrected chi connectivity index (χ4v) is 3.77. The normalized spacial score (nSPS) is 17.6. The number of pyridine rings is 1. The van der Waals surface area contributed by atoms with Gasteiger partial charge >= 0.3 is 0 Å². The molecule has 7 heteroatoms. The molecule has 0 saturated carbocycles. The van der Waals surface area contributed by atoms with Gasteiger partial charge in [0.2, 0.25) is 11.8 Å². The smallest absolute Gasteiger partial charge is 0.240 e. The number of carbonyl (C=O) groups excluding carboxylic acids is 2. The number of nitrogens with two attached hydrogens (primary N) is 1. The average molecular weight is 332 g/mol. The number of hydrogen-bond acceptors (Lipinski definition) is 5. The summed E-state index contributed by atoms with van der Waals surface area (Å²) in [7, 11) is 0. The van der Waals surface area contributed by atoms with Crippen LogP contribution in [0, 0.1) is 25.2 Å². The van der Waals surface area contributed by atoms with E-state index < -0.39 is 11.9 Å². The number of nitriles is 1. The van der Waals surface area contributed by atoms with Crippen molar-refractivity contribution in [3.8, 4) is 6.07 Å². The number of aromatic nitrogens is 1. The summed E-state index contributed by atoms with van der Waals surface area (Å²) in [5.41, 5.74) is 7.55. The first-order valence-corrected chi connectivity index (χ1v) is 8.52. The molecule has 6 nitrogen and oxygen atoms in total. The highest BCUT2D eigenvalue weighted by Crippen LogP contribution is 2.25. The molecule has 0 aliphatic carbocycles. The molecule has 0 aromatic carbocycles. The van der Waals surface area contributed by atoms with Crippen LogP contribution in [0.4, 0.5) is 0 Å². The van der Waals surface area contributed by atoms with Crippen molar-refractivity contribution in [1.29, 1.82) is 5.26 Å². The van der Waals surface area contributed by atoms with Crippen molar-refractivity contribution in [3.63, 3.8) is 0 Å². The summed E-state index contributed by atoms with van der Waals surface area (Å²) in [6, 6.07) is 3.47. The van der Waals surface area contributed by atoms with Crippen LogP contribution < -0.4 is 5.73 Å². The standard InChI is InChI=1S/C16H20N4O2S/c1-10-7-11(2)19-16(12(10)8-17)23-9-14(21)20-6-4-3-5-13(20)15(18)22/h7,13H,3-6,9H2,1-2H3,(H2,18,22). The fraction of sp³-hybridized carbons (Fsp3) is 0.500. The minimum Gasteiger partial charge on any atom is -0.368 e. The van der Waals surface area contributed by atoms with E-state index in [1.165, 1.54) is 11.8 Å². The number of primary amides is 1. The van der Waals surface area contributed by atoms with Crippen LogP contribution in [0.5, 0.6) is 0 Å². The zero-order chi connectivity index (χ0) is 17.0. The Hall–Kier alpha value is -2.07. The highest BCUT2D eigenvalue weighted by Gasteiger charge is 2.30. The second-order valence-corrected chi connectivity index (χ2v) is 6.63. The number of aryl methyl sites for hydroxylation is 2. The average Bonchev–Trinajstić information content (AvgIpc) is 2.52. The van der Waals surface area contributed by atoms with Gasteiger partial charge in [-0.1, -0.05) is 11.8 Å². The van der Waals surface area contributed by atoms with E-state index >= 15 is 0 Å². The summed E-state index contributed by atoms with van der Waals surface area (Å²) in [5.74, 6) is -0.442. The molecule has 1 aromatic heterocycles. The first-order valence-electron chi connectivity index (χ1n) is 7.54. The Morgan fingerprint density at radius 1 is 1.48 bits per heavy atom. The monoisotopic (exact) mass is 332 g/mol. The van der Waals surface area contributed by atoms with E-state index in [2.05, 4.69) is 11.1 Å². The maximum absolute atomic E-state index is 12.4. The SMILES string of the molecule is Cc1cc(C)c(C#N)c(SCC(=O)N2CCCCC2C(N)=O)n1. The summed E-state index contributed by atoms with van der Waals surface area (Å²) < 4.78 is 0. The number of nitrogens with zero attached hydrogens (tertiary/aromatic N) is 3. The van der Waals surface area contributed by atoms with E-state index in [0.29, 0.717) is 23.6 Å². The molecule has 1 aliphatic rings. The van der Waals surface area contributed by atoms with Crippen molar-refractivity contribution >= 4 is 23.6 Å². The summed E-state index contributed by atoms with van der Waals surface area (Å²) in [4.78, 5) is 29.9. The molecule has 1 aromatic rings. The first kappa shape index (κ1) is 17.3. The Kier molecular flexibility index (Phi) is 5.61. The summed E-state index contributed by atoms with van der Waals surface area (Å²) in [6.45, 7) is 4.26. The number of thioether (sulfide) groups is 1. The lowest BCUT2D eigenvalue weighted by Crippen LogP contribution is -2.51. The van der Waals surface area contributed by atoms with E-state index in [-0.39, 0.29) is 11.7 Å². The molecule has 0 spiro atoms. The van der Waals surface area contributed by atoms with Crippen molar-refractivity contribution < 1.29 is 9.59 Å². The van der Waals surface area contributed by atoms with Gasteiger partial charge in [0.25, 0.3) is 0 Å². The highest BCUT2D eigenvalue weighted by molar-refractivity contribution is 8.00. The number of likely N-dealkylation sites (tertiary alicyclic amines) is 1. The Morgan fingerprint density at radius 3 is 2.87 bits per heavy atom. The van der Waals surface area contributed by atoms with Gasteiger partial charge in [-0.3, -0.25) is 9.59 Å². The third-order valence-corrected chi connectivity index (χ3v) is 4.87. The van der Waals surface area contributed by atoms with E-state index in [4.69, 9.17) is 5.73 Å². The summed E-state index contributed by atoms with van der Waals surface area (Å²) in [6.07, 6.45) is 2.41. The van der Waals surface area contributed by atoms with Crippen LogP contribution in [0.1, 0.15) is 36.1 Å². The van der Waals surface area contributed by atoms with Gasteiger partial charge in [0, 0.05) is 12.2 Å². The lowest BCUT2D eigenvalue weighted by atomic mass is 10.0. The van der Waals surface area contributed by atoms with E-state index in [1.54, 1.807) is 4.90 Å². The molecule has 2 N–H and O–H groups in total. The number of piperidine rings is 1. The first-order chi connectivity index (χ1) is 10.9. The molecular formula is C16H20N4O2S. The number of rotatable bonds is 4. The van der Waals surface area contributed by atoms with E-state index in [0.717, 1.165) is 24.1 Å². The van der Waals surface area contributed by atoms with E-state index in [9.17, 15) is 14.9 Å². The largest absolute Gasteiger partial charge is 0.368 e. The molecule has 122 valence electrons. The van der Waals surface area contributed by atoms with Crippen molar-refractivity contribution in [2.45, 2.75) is 44.2 Å². The van der Waals surface area contributed by atoms with Gasteiger partial charge in [-0.15, -0.1) is 0 Å². The summed E-state index contributed by atoms with van der Waals surface area (Å²) in [5, 5.41) is 9.82. The maximum Gasteiger partial charge on any atom is 0.240 e. The zero-order valence-corrected chi connectivity index (χ0v) is 14.2. The molecule has 0 radical (unpaired) electrons. The second kappa shape index (κ2) is 7.47. The minimum atomic E-state index is -0.514. The van der Waals surface area contributed by atoms with Crippen molar-refractivity contribution in [2.75, 3.05) is 12.3 Å². The van der Waals surface area contributed by atoms with Crippen molar-refractivity contribution in [3.05, 3.63) is 22.9 Å². The van der Waals surface area contributed by atoms with Gasteiger partial charge in [0.1, 0.15) is 17.1 Å². The van der Waals surface area contributed by atoms with Crippen molar-refractivity contribution in [1.82, 2.24) is 9.88 Å². The van der Waals surface area contributed by atoms with Crippen LogP contribution in [-0.4, -0.2) is 40.0 Å². The van der Waals surface area contributed by atoms with Gasteiger partial charge in [-0.2, -0.15) is 5.26 Å². The molecule has 2 heterocycles. The third-order valence-electron chi connectivity index (χ3n) is 3.91. The topological polar surface area (TPSA) is 100 Å². The predicted octanol–water partition coefficient (Wildman–Crippen LogP) is 1.53. The van der Waals surface area contributed by atoms with Crippen LogP contribution in [0.2, 0.25) is 0 Å². The lowest BCUT2D eigenvalue weighted by Gasteiger charge is -2.33. The number of amides is 2. The molecule has 0 bridgehead atoms. The highest BCUT2D eigenvalue weighted by atomic mass is 32.2. The predicted molar refractivity (Wildman–Crippen MR) is 87.7 cm³/mol. The van der Waals surface area contributed by atoms with Gasteiger partial charge < -0.3 is 10.6 Å². The van der Waals surface area contributed by atoms with Crippen LogP contribution in [0.3, 0.4) is 0 Å². The molecule has 1 saturated heterocycles. The molecule has 1 atom stereocenters. The Balaban J connectivity index is 2.10. The lowest BCUT2D eigenvalue weighted by molar-refractivity contribution is -0.138. The van der Waals surface area contributed by atoms with Crippen LogP contribution in [-0.2, 0) is 9.59 Å². The van der Waals surface area contributed by atoms with Gasteiger partial charge in [-0.25, -0.2) is 4.98 Å². The Bertz CT molecular complexity index is 669. The summed E-state index contributed by atoms with van der Waals surface area (Å²) >= 11 is 1.24. The maximum atomic E-state index is 12.4. The molecule has 2 amide bonds. The quantitative estimate of drug-likeness (QED) is 0.843. The Morgan fingerprint density at radius 2 is 2.22 bits per heavy atom. The number of hydrogen-bond donors (Lipinski definition) is 1. The third kappa shape index (κ3) is 4.02. The number of carbonyl (C=O) groups is 2. The second-order valence-electron chi connectivity index (χ2n) is 5.66. The molecule has 1 unspecified atom stereocenters. The van der Waals surface area contributed by atoms with Crippen LogP contribution >= 0.6 is 11.8 Å². The van der Waals surface area contributed by atoms with Gasteiger partial charge in [-0.05, 0) is 44.7 Å². The minimum absolute atomic E-state index is 0.136. The van der Waals surface area contributed by atoms with E-state index in [1.807, 2.05) is 19.9 Å². The Labute approximate surface area is 140 Å².